The van der Waals surface area contributed by atoms with E-state index in [1.807, 2.05) is 30.0 Å². The van der Waals surface area contributed by atoms with Crippen molar-refractivity contribution < 1.29 is 0 Å². The highest BCUT2D eigenvalue weighted by atomic mass is 15.2. The van der Waals surface area contributed by atoms with Gasteiger partial charge in [0.15, 0.2) is 5.65 Å². The molecular weight excluding hydrogens is 236 g/mol. The van der Waals surface area contributed by atoms with Gasteiger partial charge in [0.05, 0.1) is 6.20 Å². The first-order valence-electron chi connectivity index (χ1n) is 6.44. The minimum atomic E-state index is 0.850. The van der Waals surface area contributed by atoms with Gasteiger partial charge < -0.3 is 5.32 Å². The number of nitrogens with zero attached hydrogens (tertiary/aromatic N) is 3. The van der Waals surface area contributed by atoms with Crippen molar-refractivity contribution in [3.8, 4) is 11.1 Å². The van der Waals surface area contributed by atoms with Crippen LogP contribution in [0.15, 0.2) is 42.7 Å². The van der Waals surface area contributed by atoms with Gasteiger partial charge in [0.1, 0.15) is 5.82 Å². The molecule has 0 spiro atoms. The zero-order chi connectivity index (χ0) is 13.2. The number of aryl methyl sites for hydroxylation is 1. The zero-order valence-corrected chi connectivity index (χ0v) is 11.1. The number of fused-ring (bicyclic) bond motifs is 1. The van der Waals surface area contributed by atoms with Crippen LogP contribution in [0.4, 0.5) is 5.82 Å². The first-order chi connectivity index (χ1) is 9.33. The molecule has 0 saturated heterocycles. The van der Waals surface area contributed by atoms with E-state index in [0.717, 1.165) is 23.4 Å². The lowest BCUT2D eigenvalue weighted by Gasteiger charge is -2.06. The molecule has 0 saturated carbocycles. The molecule has 0 aliphatic heterocycles. The third-order valence-electron chi connectivity index (χ3n) is 3.31. The van der Waals surface area contributed by atoms with Crippen molar-refractivity contribution in [1.29, 1.82) is 0 Å². The quantitative estimate of drug-likeness (QED) is 0.779. The second-order valence-corrected chi connectivity index (χ2v) is 4.40. The third kappa shape index (κ3) is 1.95. The van der Waals surface area contributed by atoms with Crippen LogP contribution in [-0.4, -0.2) is 21.6 Å². The number of nitrogens with one attached hydrogen (secondary N) is 1. The predicted octanol–water partition coefficient (Wildman–Crippen LogP) is 3.00. The molecule has 3 rings (SSSR count). The van der Waals surface area contributed by atoms with Gasteiger partial charge in [0, 0.05) is 18.8 Å². The van der Waals surface area contributed by atoms with Crippen molar-refractivity contribution in [2.75, 3.05) is 12.4 Å². The van der Waals surface area contributed by atoms with E-state index in [1.54, 1.807) is 0 Å². The molecule has 0 amide bonds. The molecule has 2 aromatic heterocycles. The summed E-state index contributed by atoms with van der Waals surface area (Å²) in [7, 11) is 1.87. The number of hydrogen-bond donors (Lipinski definition) is 1. The van der Waals surface area contributed by atoms with E-state index in [0.29, 0.717) is 0 Å². The van der Waals surface area contributed by atoms with Crippen molar-refractivity contribution in [3.05, 3.63) is 48.3 Å². The Morgan fingerprint density at radius 3 is 2.79 bits per heavy atom. The molecule has 0 bridgehead atoms. The molecule has 96 valence electrons. The summed E-state index contributed by atoms with van der Waals surface area (Å²) in [5, 5.41) is 7.44. The Labute approximate surface area is 112 Å². The Morgan fingerprint density at radius 1 is 1.16 bits per heavy atom. The van der Waals surface area contributed by atoms with Crippen LogP contribution in [0.25, 0.3) is 16.8 Å². The molecule has 0 atom stereocenters. The van der Waals surface area contributed by atoms with Crippen LogP contribution >= 0.6 is 0 Å². The molecule has 1 N–H and O–H groups in total. The molecule has 2 heterocycles. The number of benzene rings is 1. The van der Waals surface area contributed by atoms with Crippen molar-refractivity contribution >= 4 is 11.5 Å². The summed E-state index contributed by atoms with van der Waals surface area (Å²) in [4.78, 5) is 4.59. The summed E-state index contributed by atoms with van der Waals surface area (Å²) in [6.45, 7) is 2.16. The molecule has 0 fully saturated rings. The number of aromatic nitrogens is 3. The maximum Gasteiger partial charge on any atom is 0.165 e. The maximum atomic E-state index is 4.59. The average Bonchev–Trinajstić information content (AvgIpc) is 2.89. The lowest BCUT2D eigenvalue weighted by molar-refractivity contribution is 0.940. The summed E-state index contributed by atoms with van der Waals surface area (Å²) < 4.78 is 1.81. The average molecular weight is 252 g/mol. The Kier molecular flexibility index (Phi) is 2.91. The maximum absolute atomic E-state index is 4.59. The van der Waals surface area contributed by atoms with Gasteiger partial charge in [-0.3, -0.25) is 0 Å². The van der Waals surface area contributed by atoms with Crippen LogP contribution < -0.4 is 5.32 Å². The summed E-state index contributed by atoms with van der Waals surface area (Å²) >= 11 is 0. The molecule has 4 heteroatoms. The minimum absolute atomic E-state index is 0.850. The first kappa shape index (κ1) is 11.7. The van der Waals surface area contributed by atoms with Crippen LogP contribution in [0.1, 0.15) is 12.5 Å². The van der Waals surface area contributed by atoms with E-state index in [4.69, 9.17) is 0 Å². The molecule has 3 aromatic rings. The summed E-state index contributed by atoms with van der Waals surface area (Å²) in [5.41, 5.74) is 4.48. The van der Waals surface area contributed by atoms with Crippen LogP contribution in [0.3, 0.4) is 0 Å². The predicted molar refractivity (Wildman–Crippen MR) is 77.3 cm³/mol. The van der Waals surface area contributed by atoms with Crippen LogP contribution in [-0.2, 0) is 6.42 Å². The van der Waals surface area contributed by atoms with Gasteiger partial charge in [-0.25, -0.2) is 9.50 Å². The fraction of sp³-hybridized carbons (Fsp3) is 0.200. The SMILES string of the molecule is CCc1ccccc1-c1cnn2ccc(NC)nc12. The molecule has 0 aliphatic carbocycles. The first-order valence-corrected chi connectivity index (χ1v) is 6.44. The smallest absolute Gasteiger partial charge is 0.165 e. The molecule has 4 nitrogen and oxygen atoms in total. The van der Waals surface area contributed by atoms with Gasteiger partial charge in [-0.15, -0.1) is 0 Å². The minimum Gasteiger partial charge on any atom is -0.373 e. The molecule has 19 heavy (non-hydrogen) atoms. The highest BCUT2D eigenvalue weighted by molar-refractivity contribution is 5.79. The molecule has 0 radical (unpaired) electrons. The van der Waals surface area contributed by atoms with Gasteiger partial charge >= 0.3 is 0 Å². The van der Waals surface area contributed by atoms with Gasteiger partial charge in [-0.2, -0.15) is 5.10 Å². The normalized spacial score (nSPS) is 10.8. The molecular formula is C15H16N4. The third-order valence-corrected chi connectivity index (χ3v) is 3.31. The fourth-order valence-electron chi connectivity index (χ4n) is 2.29. The monoisotopic (exact) mass is 252 g/mol. The number of rotatable bonds is 3. The van der Waals surface area contributed by atoms with Crippen molar-refractivity contribution in [3.63, 3.8) is 0 Å². The zero-order valence-electron chi connectivity index (χ0n) is 11.1. The molecule has 1 aromatic carbocycles. The highest BCUT2D eigenvalue weighted by Gasteiger charge is 2.11. The Bertz CT molecular complexity index is 715. The van der Waals surface area contributed by atoms with Gasteiger partial charge in [-0.1, -0.05) is 31.2 Å². The van der Waals surface area contributed by atoms with Crippen LogP contribution in [0.2, 0.25) is 0 Å². The Morgan fingerprint density at radius 2 is 2.00 bits per heavy atom. The van der Waals surface area contributed by atoms with Crippen LogP contribution in [0.5, 0.6) is 0 Å². The lowest BCUT2D eigenvalue weighted by atomic mass is 10.0. The van der Waals surface area contributed by atoms with E-state index in [1.165, 1.54) is 11.1 Å². The van der Waals surface area contributed by atoms with E-state index in [9.17, 15) is 0 Å². The second kappa shape index (κ2) is 4.72. The van der Waals surface area contributed by atoms with E-state index in [2.05, 4.69) is 46.6 Å². The van der Waals surface area contributed by atoms with E-state index >= 15 is 0 Å². The summed E-state index contributed by atoms with van der Waals surface area (Å²) in [5.74, 6) is 0.850. The molecule has 0 unspecified atom stereocenters. The topological polar surface area (TPSA) is 42.2 Å². The van der Waals surface area contributed by atoms with Crippen molar-refractivity contribution in [1.82, 2.24) is 14.6 Å². The van der Waals surface area contributed by atoms with Gasteiger partial charge in [0.2, 0.25) is 0 Å². The standard InChI is InChI=1S/C15H16N4/c1-3-11-6-4-5-7-12(11)13-10-17-19-9-8-14(16-2)18-15(13)19/h4-10H,3H2,1-2H3,(H,16,18). The van der Waals surface area contributed by atoms with E-state index in [-0.39, 0.29) is 0 Å². The lowest BCUT2D eigenvalue weighted by Crippen LogP contribution is -1.96. The molecule has 0 aliphatic rings. The summed E-state index contributed by atoms with van der Waals surface area (Å²) in [6.07, 6.45) is 4.81. The second-order valence-electron chi connectivity index (χ2n) is 4.40. The number of anilines is 1. The fourth-order valence-corrected chi connectivity index (χ4v) is 2.29. The van der Waals surface area contributed by atoms with Crippen molar-refractivity contribution in [2.45, 2.75) is 13.3 Å². The largest absolute Gasteiger partial charge is 0.373 e. The van der Waals surface area contributed by atoms with Gasteiger partial charge in [0.25, 0.3) is 0 Å². The summed E-state index contributed by atoms with van der Waals surface area (Å²) in [6, 6.07) is 10.3. The van der Waals surface area contributed by atoms with E-state index < -0.39 is 0 Å². The highest BCUT2D eigenvalue weighted by Crippen LogP contribution is 2.27. The van der Waals surface area contributed by atoms with Gasteiger partial charge in [-0.05, 0) is 23.6 Å². The van der Waals surface area contributed by atoms with Crippen LogP contribution in [0, 0.1) is 0 Å². The Balaban J connectivity index is 2.24. The van der Waals surface area contributed by atoms with Crippen molar-refractivity contribution in [2.24, 2.45) is 0 Å². The number of hydrogen-bond acceptors (Lipinski definition) is 3. The Hall–Kier alpha value is -2.36.